The average Bonchev–Trinajstić information content (AvgIpc) is 2.43. The molecule has 0 radical (unpaired) electrons. The van der Waals surface area contributed by atoms with E-state index in [1.165, 1.54) is 5.69 Å². The molecule has 1 aromatic rings. The van der Waals surface area contributed by atoms with Crippen molar-refractivity contribution < 1.29 is 4.79 Å². The lowest BCUT2D eigenvalue weighted by atomic mass is 10.1. The van der Waals surface area contributed by atoms with Crippen molar-refractivity contribution in [2.75, 3.05) is 32.6 Å². The summed E-state index contributed by atoms with van der Waals surface area (Å²) in [5, 5.41) is 2.99. The second-order valence-corrected chi connectivity index (χ2v) is 4.92. The summed E-state index contributed by atoms with van der Waals surface area (Å²) in [6.07, 6.45) is 0. The van der Waals surface area contributed by atoms with Crippen molar-refractivity contribution >= 4 is 11.6 Å². The number of anilines is 1. The molecule has 0 saturated heterocycles. The van der Waals surface area contributed by atoms with Crippen LogP contribution in [-0.2, 0) is 11.3 Å². The molecule has 0 heterocycles. The van der Waals surface area contributed by atoms with Gasteiger partial charge in [-0.2, -0.15) is 0 Å². The third-order valence-electron chi connectivity index (χ3n) is 3.32. The summed E-state index contributed by atoms with van der Waals surface area (Å²) >= 11 is 0. The zero-order valence-corrected chi connectivity index (χ0v) is 12.6. The van der Waals surface area contributed by atoms with Gasteiger partial charge in [0.15, 0.2) is 0 Å². The number of hydrogen-bond acceptors (Lipinski definition) is 3. The maximum atomic E-state index is 12.1. The van der Waals surface area contributed by atoms with E-state index in [9.17, 15) is 4.79 Å². The van der Waals surface area contributed by atoms with Crippen LogP contribution in [0.15, 0.2) is 24.3 Å². The molecule has 1 N–H and O–H groups in total. The van der Waals surface area contributed by atoms with Crippen LogP contribution in [0.25, 0.3) is 0 Å². The Morgan fingerprint density at radius 3 is 2.26 bits per heavy atom. The minimum absolute atomic E-state index is 0.138. The van der Waals surface area contributed by atoms with Crippen LogP contribution >= 0.6 is 0 Å². The molecule has 4 nitrogen and oxygen atoms in total. The topological polar surface area (TPSA) is 35.6 Å². The number of likely N-dealkylation sites (N-methyl/N-ethyl adjacent to an activating group) is 2. The Morgan fingerprint density at radius 2 is 1.84 bits per heavy atom. The van der Waals surface area contributed by atoms with Gasteiger partial charge >= 0.3 is 0 Å². The molecular formula is C15H25N3O. The molecule has 0 fully saturated rings. The van der Waals surface area contributed by atoms with Gasteiger partial charge in [0.05, 0.1) is 6.04 Å². The highest BCUT2D eigenvalue weighted by atomic mass is 16.2. The molecule has 0 aliphatic carbocycles. The predicted molar refractivity (Wildman–Crippen MR) is 80.4 cm³/mol. The number of nitrogens with zero attached hydrogens (tertiary/aromatic N) is 2. The summed E-state index contributed by atoms with van der Waals surface area (Å²) in [5.41, 5.74) is 2.32. The highest BCUT2D eigenvalue weighted by Crippen LogP contribution is 2.14. The smallest absolute Gasteiger partial charge is 0.239 e. The summed E-state index contributed by atoms with van der Waals surface area (Å²) in [5.74, 6) is 0.140. The SMILES string of the molecule is CCN(Cc1ccc(N(C)C)cc1)C(=O)C(C)NC. The van der Waals surface area contributed by atoms with Crippen LogP contribution in [0.2, 0.25) is 0 Å². The van der Waals surface area contributed by atoms with Crippen molar-refractivity contribution in [3.05, 3.63) is 29.8 Å². The number of nitrogens with one attached hydrogen (secondary N) is 1. The molecule has 1 unspecified atom stereocenters. The number of benzene rings is 1. The van der Waals surface area contributed by atoms with Crippen molar-refractivity contribution in [3.8, 4) is 0 Å². The molecule has 1 atom stereocenters. The van der Waals surface area contributed by atoms with Gasteiger partial charge in [-0.15, -0.1) is 0 Å². The summed E-state index contributed by atoms with van der Waals surface area (Å²) in [7, 11) is 5.85. The Balaban J connectivity index is 2.73. The molecule has 0 aliphatic rings. The first kappa shape index (κ1) is 15.5. The van der Waals surface area contributed by atoms with Gasteiger partial charge in [-0.3, -0.25) is 4.79 Å². The van der Waals surface area contributed by atoms with Crippen LogP contribution in [0, 0.1) is 0 Å². The molecule has 106 valence electrons. The van der Waals surface area contributed by atoms with Crippen LogP contribution in [0.3, 0.4) is 0 Å². The molecular weight excluding hydrogens is 238 g/mol. The predicted octanol–water partition coefficient (Wildman–Crippen LogP) is 1.71. The second-order valence-electron chi connectivity index (χ2n) is 4.92. The van der Waals surface area contributed by atoms with Crippen molar-refractivity contribution in [2.45, 2.75) is 26.4 Å². The average molecular weight is 263 g/mol. The molecule has 0 aliphatic heterocycles. The van der Waals surface area contributed by atoms with Gasteiger partial charge in [-0.05, 0) is 38.6 Å². The molecule has 0 bridgehead atoms. The van der Waals surface area contributed by atoms with E-state index in [0.717, 1.165) is 12.1 Å². The van der Waals surface area contributed by atoms with Gasteiger partial charge < -0.3 is 15.1 Å². The van der Waals surface area contributed by atoms with Gasteiger partial charge in [0.1, 0.15) is 0 Å². The van der Waals surface area contributed by atoms with Gasteiger partial charge in [0.2, 0.25) is 5.91 Å². The van der Waals surface area contributed by atoms with Crippen molar-refractivity contribution in [3.63, 3.8) is 0 Å². The Morgan fingerprint density at radius 1 is 1.26 bits per heavy atom. The van der Waals surface area contributed by atoms with E-state index in [0.29, 0.717) is 6.54 Å². The van der Waals surface area contributed by atoms with E-state index in [4.69, 9.17) is 0 Å². The lowest BCUT2D eigenvalue weighted by Gasteiger charge is -2.24. The summed E-state index contributed by atoms with van der Waals surface area (Å²) in [4.78, 5) is 16.1. The first-order valence-corrected chi connectivity index (χ1v) is 6.71. The Labute approximate surface area is 116 Å². The normalized spacial score (nSPS) is 12.1. The maximum Gasteiger partial charge on any atom is 0.239 e. The standard InChI is InChI=1S/C15H25N3O/c1-6-18(15(19)12(2)16-3)11-13-7-9-14(10-8-13)17(4)5/h7-10,12,16H,6,11H2,1-5H3. The molecule has 0 saturated carbocycles. The number of amides is 1. The lowest BCUT2D eigenvalue weighted by molar-refractivity contribution is -0.133. The number of carbonyl (C=O) groups is 1. The third kappa shape index (κ3) is 4.24. The van der Waals surface area contributed by atoms with E-state index >= 15 is 0 Å². The minimum atomic E-state index is -0.138. The van der Waals surface area contributed by atoms with Crippen LogP contribution in [-0.4, -0.2) is 44.5 Å². The largest absolute Gasteiger partial charge is 0.378 e. The molecule has 1 amide bonds. The summed E-state index contributed by atoms with van der Waals surface area (Å²) < 4.78 is 0. The van der Waals surface area contributed by atoms with Gasteiger partial charge in [-0.25, -0.2) is 0 Å². The highest BCUT2D eigenvalue weighted by Gasteiger charge is 2.17. The fourth-order valence-corrected chi connectivity index (χ4v) is 1.86. The first-order chi connectivity index (χ1) is 8.99. The molecule has 0 aromatic heterocycles. The quantitative estimate of drug-likeness (QED) is 0.848. The Bertz CT molecular complexity index is 400. The minimum Gasteiger partial charge on any atom is -0.378 e. The first-order valence-electron chi connectivity index (χ1n) is 6.71. The molecule has 19 heavy (non-hydrogen) atoms. The Kier molecular flexibility index (Phi) is 5.83. The highest BCUT2D eigenvalue weighted by molar-refractivity contribution is 5.81. The fraction of sp³-hybridized carbons (Fsp3) is 0.533. The lowest BCUT2D eigenvalue weighted by Crippen LogP contribution is -2.43. The van der Waals surface area contributed by atoms with Crippen molar-refractivity contribution in [2.24, 2.45) is 0 Å². The maximum absolute atomic E-state index is 12.1. The van der Waals surface area contributed by atoms with Crippen LogP contribution < -0.4 is 10.2 Å². The van der Waals surface area contributed by atoms with Crippen LogP contribution in [0.5, 0.6) is 0 Å². The van der Waals surface area contributed by atoms with Gasteiger partial charge in [-0.1, -0.05) is 12.1 Å². The van der Waals surface area contributed by atoms with Crippen molar-refractivity contribution in [1.29, 1.82) is 0 Å². The molecule has 4 heteroatoms. The molecule has 0 spiro atoms. The van der Waals surface area contributed by atoms with E-state index < -0.39 is 0 Å². The molecule has 1 rings (SSSR count). The van der Waals surface area contributed by atoms with E-state index in [-0.39, 0.29) is 11.9 Å². The summed E-state index contributed by atoms with van der Waals surface area (Å²) in [6.45, 7) is 5.28. The van der Waals surface area contributed by atoms with E-state index in [2.05, 4.69) is 34.5 Å². The summed E-state index contributed by atoms with van der Waals surface area (Å²) in [6, 6.07) is 8.18. The van der Waals surface area contributed by atoms with Crippen LogP contribution in [0.1, 0.15) is 19.4 Å². The van der Waals surface area contributed by atoms with Crippen molar-refractivity contribution in [1.82, 2.24) is 10.2 Å². The Hall–Kier alpha value is -1.55. The fourth-order valence-electron chi connectivity index (χ4n) is 1.86. The number of rotatable bonds is 6. The third-order valence-corrected chi connectivity index (χ3v) is 3.32. The van der Waals surface area contributed by atoms with E-state index in [1.807, 2.05) is 39.9 Å². The zero-order chi connectivity index (χ0) is 14.4. The number of carbonyl (C=O) groups excluding carboxylic acids is 1. The monoisotopic (exact) mass is 263 g/mol. The van der Waals surface area contributed by atoms with E-state index in [1.54, 1.807) is 0 Å². The number of hydrogen-bond donors (Lipinski definition) is 1. The van der Waals surface area contributed by atoms with Gasteiger partial charge in [0, 0.05) is 32.9 Å². The van der Waals surface area contributed by atoms with Gasteiger partial charge in [0.25, 0.3) is 0 Å². The molecule has 1 aromatic carbocycles. The van der Waals surface area contributed by atoms with Crippen LogP contribution in [0.4, 0.5) is 5.69 Å². The zero-order valence-electron chi connectivity index (χ0n) is 12.6. The second kappa shape index (κ2) is 7.14.